The second-order valence-electron chi connectivity index (χ2n) is 9.24. The lowest BCUT2D eigenvalue weighted by atomic mass is 9.97. The van der Waals surface area contributed by atoms with Crippen LogP contribution in [0.1, 0.15) is 45.6 Å². The van der Waals surface area contributed by atoms with Crippen LogP contribution in [0.25, 0.3) is 10.9 Å². The number of allylic oxidation sites excluding steroid dienone is 1. The zero-order valence-corrected chi connectivity index (χ0v) is 21.5. The highest BCUT2D eigenvalue weighted by atomic mass is 35.5. The van der Waals surface area contributed by atoms with Gasteiger partial charge in [-0.05, 0) is 67.3 Å². The van der Waals surface area contributed by atoms with Crippen LogP contribution in [-0.4, -0.2) is 39.5 Å². The van der Waals surface area contributed by atoms with Gasteiger partial charge in [0.15, 0.2) is 0 Å². The van der Waals surface area contributed by atoms with Gasteiger partial charge in [0.2, 0.25) is 0 Å². The first kappa shape index (κ1) is 26.2. The smallest absolute Gasteiger partial charge is 0.308 e. The van der Waals surface area contributed by atoms with Crippen LogP contribution in [-0.2, 0) is 24.2 Å². The predicted octanol–water partition coefficient (Wildman–Crippen LogP) is 6.60. The molecule has 1 atom stereocenters. The number of carboxylic acid groups (broad SMARTS) is 1. The van der Waals surface area contributed by atoms with Crippen LogP contribution in [0.5, 0.6) is 0 Å². The summed E-state index contributed by atoms with van der Waals surface area (Å²) in [6.07, 6.45) is 2.03. The Hall–Kier alpha value is -2.90. The van der Waals surface area contributed by atoms with Crippen molar-refractivity contribution in [2.24, 2.45) is 13.0 Å². The molecule has 1 aromatic heterocycles. The number of hydrogen-bond acceptors (Lipinski definition) is 2. The van der Waals surface area contributed by atoms with Gasteiger partial charge in [-0.25, -0.2) is 0 Å². The van der Waals surface area contributed by atoms with Crippen molar-refractivity contribution < 1.29 is 23.5 Å². The molecule has 1 saturated heterocycles. The lowest BCUT2D eigenvalue weighted by Crippen LogP contribution is -2.42. The van der Waals surface area contributed by atoms with Crippen LogP contribution in [0, 0.1) is 12.8 Å². The second-order valence-corrected chi connectivity index (χ2v) is 10.0. The van der Waals surface area contributed by atoms with E-state index in [0.717, 1.165) is 11.1 Å². The van der Waals surface area contributed by atoms with Gasteiger partial charge in [0, 0.05) is 53.7 Å². The third-order valence-corrected chi connectivity index (χ3v) is 7.73. The Balaban J connectivity index is 1.70. The summed E-state index contributed by atoms with van der Waals surface area (Å²) < 4.78 is 30.4. The van der Waals surface area contributed by atoms with Crippen LogP contribution in [0.15, 0.2) is 43.0 Å². The van der Waals surface area contributed by atoms with Crippen molar-refractivity contribution in [1.82, 2.24) is 9.47 Å². The number of piperidine rings is 1. The molecule has 1 amide bonds. The van der Waals surface area contributed by atoms with E-state index < -0.39 is 17.8 Å². The number of likely N-dealkylation sites (tertiary alicyclic amines) is 1. The van der Waals surface area contributed by atoms with Gasteiger partial charge in [0.05, 0.1) is 16.5 Å². The fourth-order valence-electron chi connectivity index (χ4n) is 4.78. The van der Waals surface area contributed by atoms with E-state index in [9.17, 15) is 23.5 Å². The largest absolute Gasteiger partial charge is 0.481 e. The number of carbonyl (C=O) groups excluding carboxylic acids is 1. The van der Waals surface area contributed by atoms with E-state index in [1.807, 2.05) is 10.6 Å². The fourth-order valence-corrected chi connectivity index (χ4v) is 5.37. The van der Waals surface area contributed by atoms with Crippen molar-refractivity contribution in [2.75, 3.05) is 13.1 Å². The molecule has 5 nitrogen and oxygen atoms in total. The van der Waals surface area contributed by atoms with Gasteiger partial charge in [-0.15, -0.1) is 0 Å². The number of aryl methyl sites for hydroxylation is 2. The fraction of sp³-hybridized carbons (Fsp3) is 0.333. The topological polar surface area (TPSA) is 62.5 Å². The molecule has 2 aromatic carbocycles. The highest BCUT2D eigenvalue weighted by Gasteiger charge is 2.31. The molecule has 0 saturated carbocycles. The van der Waals surface area contributed by atoms with E-state index in [-0.39, 0.29) is 35.0 Å². The molecule has 1 aliphatic rings. The van der Waals surface area contributed by atoms with Gasteiger partial charge in [-0.3, -0.25) is 9.59 Å². The van der Waals surface area contributed by atoms with E-state index in [1.165, 1.54) is 17.0 Å². The lowest BCUT2D eigenvalue weighted by Gasteiger charge is -2.31. The molecule has 1 fully saturated rings. The van der Waals surface area contributed by atoms with Crippen LogP contribution in [0.4, 0.5) is 8.78 Å². The zero-order chi connectivity index (χ0) is 26.4. The maximum absolute atomic E-state index is 14.3. The number of hydrogen-bond donors (Lipinski definition) is 1. The maximum Gasteiger partial charge on any atom is 0.308 e. The number of benzene rings is 2. The Bertz CT molecular complexity index is 1380. The van der Waals surface area contributed by atoms with Gasteiger partial charge < -0.3 is 14.6 Å². The number of carbonyl (C=O) groups is 2. The molecule has 1 N–H and O–H groups in total. The van der Waals surface area contributed by atoms with E-state index in [4.69, 9.17) is 23.2 Å². The molecule has 190 valence electrons. The molecule has 0 aliphatic carbocycles. The van der Waals surface area contributed by atoms with E-state index >= 15 is 0 Å². The number of carboxylic acids is 1. The molecular weight excluding hydrogens is 509 g/mol. The minimum absolute atomic E-state index is 0.128. The average molecular weight is 535 g/mol. The SMILES string of the molecule is C=CC(F)(F)c1cc(C)c2cc(Cc3c(Cl)ccc(C(=O)N4CCCC(C(=O)O)C4)c3Cl)n(C)c2c1. The highest BCUT2D eigenvalue weighted by Crippen LogP contribution is 2.36. The van der Waals surface area contributed by atoms with Gasteiger partial charge >= 0.3 is 5.97 Å². The van der Waals surface area contributed by atoms with Crippen molar-refractivity contribution in [2.45, 2.75) is 32.1 Å². The third kappa shape index (κ3) is 4.74. The Labute approximate surface area is 217 Å². The standard InChI is InChI=1S/C27H26Cl2F2N2O3/c1-4-27(30,31)17-10-15(2)20-12-18(32(3)23(20)11-17)13-21-22(28)8-7-19(24(21)29)25(34)33-9-5-6-16(14-33)26(35)36/h4,7-8,10-12,16H,1,5-6,9,13-14H2,2-3H3,(H,35,36). The first-order valence-corrected chi connectivity index (χ1v) is 12.3. The number of aliphatic carboxylic acids is 1. The van der Waals surface area contributed by atoms with Gasteiger partial charge in [0.25, 0.3) is 11.8 Å². The minimum atomic E-state index is -3.15. The first-order chi connectivity index (χ1) is 16.9. The number of nitrogens with zero attached hydrogens (tertiary/aromatic N) is 2. The van der Waals surface area contributed by atoms with Crippen LogP contribution < -0.4 is 0 Å². The normalized spacial score (nSPS) is 16.4. The summed E-state index contributed by atoms with van der Waals surface area (Å²) in [5.74, 6) is -5.02. The molecule has 0 spiro atoms. The lowest BCUT2D eigenvalue weighted by molar-refractivity contribution is -0.143. The molecule has 0 bridgehead atoms. The van der Waals surface area contributed by atoms with Gasteiger partial charge in [-0.2, -0.15) is 8.78 Å². The van der Waals surface area contributed by atoms with Crippen LogP contribution in [0.3, 0.4) is 0 Å². The molecule has 4 rings (SSSR count). The molecule has 0 radical (unpaired) electrons. The van der Waals surface area contributed by atoms with Crippen molar-refractivity contribution >= 4 is 46.0 Å². The molecular formula is C27H26Cl2F2N2O3. The summed E-state index contributed by atoms with van der Waals surface area (Å²) in [6, 6.07) is 7.97. The van der Waals surface area contributed by atoms with Crippen molar-refractivity contribution in [1.29, 1.82) is 0 Å². The average Bonchev–Trinajstić information content (AvgIpc) is 3.17. The highest BCUT2D eigenvalue weighted by molar-refractivity contribution is 6.38. The molecule has 9 heteroatoms. The summed E-state index contributed by atoms with van der Waals surface area (Å²) in [6.45, 7) is 5.60. The number of aromatic nitrogens is 1. The molecule has 1 unspecified atom stereocenters. The number of halogens is 4. The summed E-state index contributed by atoms with van der Waals surface area (Å²) >= 11 is 13.2. The van der Waals surface area contributed by atoms with E-state index in [2.05, 4.69) is 6.58 Å². The summed E-state index contributed by atoms with van der Waals surface area (Å²) in [5, 5.41) is 10.8. The number of fused-ring (bicyclic) bond motifs is 1. The molecule has 3 aromatic rings. The number of amides is 1. The summed E-state index contributed by atoms with van der Waals surface area (Å²) in [5.41, 5.74) is 2.77. The van der Waals surface area contributed by atoms with Crippen LogP contribution in [0.2, 0.25) is 10.0 Å². The minimum Gasteiger partial charge on any atom is -0.481 e. The van der Waals surface area contributed by atoms with Crippen molar-refractivity contribution in [3.8, 4) is 0 Å². The second kappa shape index (κ2) is 9.87. The van der Waals surface area contributed by atoms with Gasteiger partial charge in [-0.1, -0.05) is 29.8 Å². The monoisotopic (exact) mass is 534 g/mol. The third-order valence-electron chi connectivity index (χ3n) is 6.94. The first-order valence-electron chi connectivity index (χ1n) is 11.5. The Kier molecular flexibility index (Phi) is 7.17. The summed E-state index contributed by atoms with van der Waals surface area (Å²) in [7, 11) is 1.78. The quantitative estimate of drug-likeness (QED) is 0.362. The Morgan fingerprint density at radius 3 is 2.64 bits per heavy atom. The molecule has 2 heterocycles. The zero-order valence-electron chi connectivity index (χ0n) is 20.0. The van der Waals surface area contributed by atoms with E-state index in [1.54, 1.807) is 26.1 Å². The summed E-state index contributed by atoms with van der Waals surface area (Å²) in [4.78, 5) is 26.2. The Morgan fingerprint density at radius 2 is 1.97 bits per heavy atom. The van der Waals surface area contributed by atoms with Crippen LogP contribution >= 0.6 is 23.2 Å². The number of alkyl halides is 2. The maximum atomic E-state index is 14.3. The van der Waals surface area contributed by atoms with Crippen molar-refractivity contribution in [3.63, 3.8) is 0 Å². The van der Waals surface area contributed by atoms with E-state index in [0.29, 0.717) is 47.1 Å². The van der Waals surface area contributed by atoms with Gasteiger partial charge in [0.1, 0.15) is 0 Å². The molecule has 36 heavy (non-hydrogen) atoms. The van der Waals surface area contributed by atoms with Crippen molar-refractivity contribution in [3.05, 3.63) is 81.0 Å². The number of rotatable bonds is 6. The predicted molar refractivity (Wildman–Crippen MR) is 137 cm³/mol. The Morgan fingerprint density at radius 1 is 1.25 bits per heavy atom. The molecule has 1 aliphatic heterocycles.